The van der Waals surface area contributed by atoms with Gasteiger partial charge in [0.25, 0.3) is 0 Å². The van der Waals surface area contributed by atoms with Gasteiger partial charge in [0.1, 0.15) is 32.6 Å². The van der Waals surface area contributed by atoms with E-state index >= 15 is 8.42 Å². The lowest BCUT2D eigenvalue weighted by molar-refractivity contribution is 0.0291. The molecule has 17 nitrogen and oxygen atoms in total. The third-order valence-corrected chi connectivity index (χ3v) is 14.6. The van der Waals surface area contributed by atoms with E-state index in [1.165, 1.54) is 40.4 Å². The number of aliphatic hydroxyl groups is 1. The SMILES string of the molecule is COc1ccc(CN(Cc2ccc(OC)cc2)S(=O)(=O)c2c(S(=O)(=O)N[C@@H]3CCN(C(=O)OC(C)(C)C)C3)ccc(C3=CC(O)CCC3)c2-c2nnn(Cc3ccc(OC)cc3)n2)cc1. The maximum Gasteiger partial charge on any atom is 0.410 e. The van der Waals surface area contributed by atoms with Gasteiger partial charge in [0.2, 0.25) is 25.9 Å². The van der Waals surface area contributed by atoms with Gasteiger partial charge in [-0.2, -0.15) is 9.10 Å². The summed E-state index contributed by atoms with van der Waals surface area (Å²) in [4.78, 5) is 14.6. The number of carbonyl (C=O) groups is 1. The summed E-state index contributed by atoms with van der Waals surface area (Å²) in [6, 6.07) is 23.1. The first kappa shape index (κ1) is 47.1. The molecule has 1 aliphatic carbocycles. The lowest BCUT2D eigenvalue weighted by atomic mass is 9.89. The van der Waals surface area contributed by atoms with Crippen LogP contribution in [0.4, 0.5) is 4.79 Å². The van der Waals surface area contributed by atoms with Gasteiger partial charge in [-0.1, -0.05) is 48.5 Å². The highest BCUT2D eigenvalue weighted by atomic mass is 32.2. The number of sulfonamides is 2. The van der Waals surface area contributed by atoms with Crippen LogP contribution in [0.1, 0.15) is 68.7 Å². The van der Waals surface area contributed by atoms with Crippen LogP contribution in [0, 0.1) is 0 Å². The number of benzene rings is 4. The predicted octanol–water partition coefficient (Wildman–Crippen LogP) is 6.02. The fourth-order valence-electron chi connectivity index (χ4n) is 7.81. The summed E-state index contributed by atoms with van der Waals surface area (Å²) >= 11 is 0. The van der Waals surface area contributed by atoms with Gasteiger partial charge >= 0.3 is 6.09 Å². The van der Waals surface area contributed by atoms with Crippen LogP contribution in [-0.4, -0.2) is 110 Å². The molecule has 1 aliphatic heterocycles. The molecule has 0 saturated carbocycles. The summed E-state index contributed by atoms with van der Waals surface area (Å²) in [5, 5.41) is 24.3. The summed E-state index contributed by atoms with van der Waals surface area (Å²) in [6.07, 6.45) is 2.03. The van der Waals surface area contributed by atoms with Crippen molar-refractivity contribution in [3.63, 3.8) is 0 Å². The van der Waals surface area contributed by atoms with E-state index in [0.717, 1.165) is 5.56 Å². The smallest absolute Gasteiger partial charge is 0.410 e. The highest BCUT2D eigenvalue weighted by Gasteiger charge is 2.40. The molecule has 0 spiro atoms. The summed E-state index contributed by atoms with van der Waals surface area (Å²) in [6.45, 7) is 5.23. The topological polar surface area (TPSA) is 205 Å². The van der Waals surface area contributed by atoms with E-state index in [4.69, 9.17) is 24.0 Å². The van der Waals surface area contributed by atoms with Crippen molar-refractivity contribution in [1.82, 2.24) is 34.1 Å². The number of hydrogen-bond donors (Lipinski definition) is 2. The Morgan fingerprint density at radius 1 is 0.815 bits per heavy atom. The average Bonchev–Trinajstić information content (AvgIpc) is 3.95. The molecular weight excluding hydrogens is 875 g/mol. The van der Waals surface area contributed by atoms with Crippen molar-refractivity contribution in [3.05, 3.63) is 113 Å². The van der Waals surface area contributed by atoms with Crippen LogP contribution in [0.25, 0.3) is 17.0 Å². The Kier molecular flexibility index (Phi) is 14.3. The Hall–Kier alpha value is -5.86. The van der Waals surface area contributed by atoms with Crippen LogP contribution < -0.4 is 18.9 Å². The number of nitrogens with one attached hydrogen (secondary N) is 1. The van der Waals surface area contributed by atoms with Crippen LogP contribution in [0.5, 0.6) is 17.2 Å². The first-order valence-corrected chi connectivity index (χ1v) is 24.1. The Labute approximate surface area is 380 Å². The number of aromatic nitrogens is 4. The Morgan fingerprint density at radius 2 is 1.38 bits per heavy atom. The lowest BCUT2D eigenvalue weighted by Gasteiger charge is -2.27. The van der Waals surface area contributed by atoms with Crippen molar-refractivity contribution in [3.8, 4) is 28.6 Å². The Morgan fingerprint density at radius 3 is 1.92 bits per heavy atom. The van der Waals surface area contributed by atoms with E-state index in [9.17, 15) is 18.3 Å². The van der Waals surface area contributed by atoms with E-state index in [-0.39, 0.29) is 50.5 Å². The number of allylic oxidation sites excluding steroid dienone is 1. The van der Waals surface area contributed by atoms with Crippen molar-refractivity contribution >= 4 is 31.7 Å². The largest absolute Gasteiger partial charge is 0.497 e. The molecule has 1 aromatic heterocycles. The van der Waals surface area contributed by atoms with Gasteiger partial charge < -0.3 is 29.0 Å². The van der Waals surface area contributed by atoms with Crippen molar-refractivity contribution < 1.29 is 45.7 Å². The molecule has 2 atom stereocenters. The first-order chi connectivity index (χ1) is 31.0. The number of rotatable bonds is 16. The van der Waals surface area contributed by atoms with Crippen molar-refractivity contribution in [1.29, 1.82) is 0 Å². The number of carbonyl (C=O) groups excluding carboxylic acids is 1. The zero-order chi connectivity index (χ0) is 46.5. The quantitative estimate of drug-likeness (QED) is 0.116. The summed E-state index contributed by atoms with van der Waals surface area (Å²) < 4.78 is 87.4. The molecule has 2 aliphatic rings. The number of amides is 1. The van der Waals surface area contributed by atoms with Crippen molar-refractivity contribution in [2.24, 2.45) is 0 Å². The monoisotopic (exact) mass is 929 g/mol. The van der Waals surface area contributed by atoms with E-state index < -0.39 is 53.7 Å². The molecule has 65 heavy (non-hydrogen) atoms. The van der Waals surface area contributed by atoms with E-state index in [0.29, 0.717) is 58.8 Å². The fraction of sp³-hybridized carbons (Fsp3) is 0.391. The number of nitrogens with zero attached hydrogens (tertiary/aromatic N) is 6. The van der Waals surface area contributed by atoms with Gasteiger partial charge in [0, 0.05) is 32.2 Å². The molecule has 346 valence electrons. The third-order valence-electron chi connectivity index (χ3n) is 11.1. The summed E-state index contributed by atoms with van der Waals surface area (Å²) in [7, 11) is -4.97. The minimum atomic E-state index is -4.89. The van der Waals surface area contributed by atoms with Crippen LogP contribution in [-0.2, 0) is 44.4 Å². The first-order valence-electron chi connectivity index (χ1n) is 21.2. The zero-order valence-corrected chi connectivity index (χ0v) is 38.9. The molecule has 19 heteroatoms. The molecule has 2 N–H and O–H groups in total. The van der Waals surface area contributed by atoms with Crippen LogP contribution in [0.3, 0.4) is 0 Å². The predicted molar refractivity (Wildman–Crippen MR) is 242 cm³/mol. The molecule has 1 saturated heterocycles. The number of ether oxygens (including phenoxy) is 4. The number of likely N-dealkylation sites (tertiary alicyclic amines) is 1. The molecule has 2 heterocycles. The van der Waals surface area contributed by atoms with Gasteiger partial charge in [0.05, 0.1) is 39.5 Å². The van der Waals surface area contributed by atoms with Gasteiger partial charge in [-0.15, -0.1) is 10.2 Å². The van der Waals surface area contributed by atoms with Crippen molar-refractivity contribution in [2.75, 3.05) is 34.4 Å². The minimum absolute atomic E-state index is 0.00571. The van der Waals surface area contributed by atoms with Crippen molar-refractivity contribution in [2.45, 2.75) is 93.6 Å². The standard InChI is InChI=1S/C46H55N7O10S2/c1-46(2,3)63-45(55)51-25-24-35(30-51)49-64(56,57)41-23-22-40(34-8-7-9-36(54)26-34)42(44-47-50-53(48-44)29-33-14-20-39(62-6)21-15-33)43(41)65(58,59)52(27-31-10-16-37(60-4)17-11-31)28-32-12-18-38(61-5)19-13-32/h10-23,26,35-36,49,54H,7-9,24-25,27-30H2,1-6H3/t35-,36?/m1/s1. The molecule has 7 rings (SSSR count). The molecule has 5 aromatic rings. The van der Waals surface area contributed by atoms with Crippen LogP contribution in [0.2, 0.25) is 0 Å². The second kappa shape index (κ2) is 19.7. The molecule has 0 bridgehead atoms. The normalized spacial score (nSPS) is 16.9. The maximum atomic E-state index is 16.0. The Balaban J connectivity index is 1.42. The molecule has 1 unspecified atom stereocenters. The molecule has 0 radical (unpaired) electrons. The zero-order valence-electron chi connectivity index (χ0n) is 37.3. The van der Waals surface area contributed by atoms with E-state index in [1.807, 2.05) is 12.1 Å². The molecule has 1 amide bonds. The highest BCUT2D eigenvalue weighted by molar-refractivity contribution is 7.92. The van der Waals surface area contributed by atoms with E-state index in [1.54, 1.807) is 94.6 Å². The second-order valence-corrected chi connectivity index (χ2v) is 20.5. The van der Waals surface area contributed by atoms with Gasteiger partial charge in [-0.25, -0.2) is 26.4 Å². The number of methoxy groups -OCH3 is 3. The van der Waals surface area contributed by atoms with Gasteiger partial charge in [-0.3, -0.25) is 0 Å². The summed E-state index contributed by atoms with van der Waals surface area (Å²) in [5.74, 6) is 1.64. The number of tetrazole rings is 1. The Bertz CT molecular complexity index is 2670. The van der Waals surface area contributed by atoms with E-state index in [2.05, 4.69) is 15.0 Å². The van der Waals surface area contributed by atoms with Gasteiger partial charge in [0.15, 0.2) is 0 Å². The average molecular weight is 930 g/mol. The molecular formula is C46H55N7O10S2. The van der Waals surface area contributed by atoms with Crippen LogP contribution >= 0.6 is 0 Å². The summed E-state index contributed by atoms with van der Waals surface area (Å²) in [5.41, 5.74) is 2.05. The lowest BCUT2D eigenvalue weighted by Crippen LogP contribution is -2.41. The molecule has 4 aromatic carbocycles. The highest BCUT2D eigenvalue weighted by Crippen LogP contribution is 2.42. The fourth-order valence-corrected chi connectivity index (χ4v) is 11.5. The maximum absolute atomic E-state index is 16.0. The number of aliphatic hydroxyl groups excluding tert-OH is 1. The second-order valence-electron chi connectivity index (χ2n) is 17.0. The molecule has 1 fully saturated rings. The van der Waals surface area contributed by atoms with Crippen LogP contribution in [0.15, 0.2) is 101 Å². The number of hydrogen-bond acceptors (Lipinski definition) is 13. The minimum Gasteiger partial charge on any atom is -0.497 e. The van der Waals surface area contributed by atoms with Gasteiger partial charge in [-0.05, 0) is 122 Å². The third kappa shape index (κ3) is 11.3.